The Morgan fingerprint density at radius 3 is 2.62 bits per heavy atom. The van der Waals surface area contributed by atoms with Crippen molar-refractivity contribution in [3.05, 3.63) is 69.3 Å². The van der Waals surface area contributed by atoms with E-state index in [9.17, 15) is 10.1 Å². The molecule has 2 aromatic carbocycles. The summed E-state index contributed by atoms with van der Waals surface area (Å²) in [6.07, 6.45) is 1.60. The molecule has 0 saturated heterocycles. The fraction of sp³-hybridized carbons (Fsp3) is 0. The van der Waals surface area contributed by atoms with Gasteiger partial charge in [0, 0.05) is 6.20 Å². The summed E-state index contributed by atoms with van der Waals surface area (Å²) in [5.41, 5.74) is 0.472. The molecule has 0 amide bonds. The zero-order valence-electron chi connectivity index (χ0n) is 10.7. The molecule has 5 nitrogen and oxygen atoms in total. The largest absolute Gasteiger partial charge is 0.449 e. The van der Waals surface area contributed by atoms with E-state index in [0.717, 1.165) is 4.47 Å². The molecule has 0 fully saturated rings. The predicted octanol–water partition coefficient (Wildman–Crippen LogP) is 4.70. The molecule has 0 atom stereocenters. The van der Waals surface area contributed by atoms with E-state index >= 15 is 0 Å². The number of pyridine rings is 1. The fourth-order valence-corrected chi connectivity index (χ4v) is 2.40. The smallest absolute Gasteiger partial charge is 0.320 e. The van der Waals surface area contributed by atoms with E-state index in [-0.39, 0.29) is 11.4 Å². The zero-order chi connectivity index (χ0) is 14.8. The number of nitro benzene ring substituents is 1. The van der Waals surface area contributed by atoms with Crippen molar-refractivity contribution in [2.24, 2.45) is 0 Å². The first-order valence-electron chi connectivity index (χ1n) is 6.11. The number of nitro groups is 1. The SMILES string of the molecule is O=[N+]([O-])c1c(Oc2ccccc2Br)ccc2ncccc12. The molecule has 6 heteroatoms. The number of nitrogens with zero attached hydrogens (tertiary/aromatic N) is 2. The number of rotatable bonds is 3. The monoisotopic (exact) mass is 344 g/mol. The highest BCUT2D eigenvalue weighted by Crippen LogP contribution is 2.38. The highest BCUT2D eigenvalue weighted by Gasteiger charge is 2.21. The van der Waals surface area contributed by atoms with Crippen LogP contribution in [0.3, 0.4) is 0 Å². The summed E-state index contributed by atoms with van der Waals surface area (Å²) in [5, 5.41) is 11.8. The Morgan fingerprint density at radius 2 is 1.86 bits per heavy atom. The molecule has 0 aliphatic heterocycles. The van der Waals surface area contributed by atoms with E-state index in [2.05, 4.69) is 20.9 Å². The molecular weight excluding hydrogens is 336 g/mol. The van der Waals surface area contributed by atoms with Gasteiger partial charge in [-0.05, 0) is 52.3 Å². The van der Waals surface area contributed by atoms with E-state index in [0.29, 0.717) is 16.7 Å². The van der Waals surface area contributed by atoms with Gasteiger partial charge in [0.05, 0.1) is 20.3 Å². The maximum Gasteiger partial charge on any atom is 0.320 e. The van der Waals surface area contributed by atoms with E-state index in [1.165, 1.54) is 0 Å². The van der Waals surface area contributed by atoms with Gasteiger partial charge in [0.1, 0.15) is 5.75 Å². The van der Waals surface area contributed by atoms with Crippen LogP contribution < -0.4 is 4.74 Å². The first kappa shape index (κ1) is 13.5. The molecule has 0 unspecified atom stereocenters. The quantitative estimate of drug-likeness (QED) is 0.510. The maximum absolute atomic E-state index is 11.4. The Kier molecular flexibility index (Phi) is 3.53. The Labute approximate surface area is 128 Å². The minimum absolute atomic E-state index is 0.0867. The first-order chi connectivity index (χ1) is 10.2. The molecular formula is C15H9BrN2O3. The van der Waals surface area contributed by atoms with Crippen molar-refractivity contribution in [1.82, 2.24) is 4.98 Å². The summed E-state index contributed by atoms with van der Waals surface area (Å²) >= 11 is 3.36. The molecule has 0 aliphatic carbocycles. The summed E-state index contributed by atoms with van der Waals surface area (Å²) in [4.78, 5) is 15.1. The second kappa shape index (κ2) is 5.49. The minimum atomic E-state index is -0.448. The van der Waals surface area contributed by atoms with Crippen LogP contribution in [0.5, 0.6) is 11.5 Å². The van der Waals surface area contributed by atoms with Crippen molar-refractivity contribution in [3.63, 3.8) is 0 Å². The molecule has 0 radical (unpaired) electrons. The minimum Gasteiger partial charge on any atom is -0.449 e. The standard InChI is InChI=1S/C15H9BrN2O3/c16-11-5-1-2-6-13(11)21-14-8-7-12-10(4-3-9-17-12)15(14)18(19)20/h1-9H. The summed E-state index contributed by atoms with van der Waals surface area (Å²) in [6, 6.07) is 13.8. The van der Waals surface area contributed by atoms with Gasteiger partial charge in [-0.1, -0.05) is 12.1 Å². The Bertz CT molecular complexity index is 836. The molecule has 1 aromatic heterocycles. The second-order valence-electron chi connectivity index (χ2n) is 4.27. The fourth-order valence-electron chi connectivity index (χ4n) is 2.03. The lowest BCUT2D eigenvalue weighted by Crippen LogP contribution is -1.95. The van der Waals surface area contributed by atoms with Crippen LogP contribution >= 0.6 is 15.9 Å². The van der Waals surface area contributed by atoms with Crippen LogP contribution in [0, 0.1) is 10.1 Å². The number of halogens is 1. The Morgan fingerprint density at radius 1 is 1.05 bits per heavy atom. The molecule has 0 aliphatic rings. The molecule has 0 spiro atoms. The van der Waals surface area contributed by atoms with Crippen molar-refractivity contribution >= 4 is 32.5 Å². The van der Waals surface area contributed by atoms with E-state index in [1.807, 2.05) is 12.1 Å². The van der Waals surface area contributed by atoms with Gasteiger partial charge in [-0.25, -0.2) is 0 Å². The molecule has 3 rings (SSSR count). The lowest BCUT2D eigenvalue weighted by molar-refractivity contribution is -0.383. The van der Waals surface area contributed by atoms with Gasteiger partial charge in [-0.3, -0.25) is 15.1 Å². The molecule has 3 aromatic rings. The third kappa shape index (κ3) is 2.57. The van der Waals surface area contributed by atoms with Gasteiger partial charge in [-0.2, -0.15) is 0 Å². The van der Waals surface area contributed by atoms with Crippen LogP contribution in [0.15, 0.2) is 59.2 Å². The average molecular weight is 345 g/mol. The number of ether oxygens (including phenoxy) is 1. The van der Waals surface area contributed by atoms with Gasteiger partial charge in [0.25, 0.3) is 0 Å². The van der Waals surface area contributed by atoms with Crippen molar-refractivity contribution in [3.8, 4) is 11.5 Å². The van der Waals surface area contributed by atoms with Crippen molar-refractivity contribution < 1.29 is 9.66 Å². The molecule has 104 valence electrons. The highest BCUT2D eigenvalue weighted by molar-refractivity contribution is 9.10. The molecule has 1 heterocycles. The van der Waals surface area contributed by atoms with Gasteiger partial charge in [0.2, 0.25) is 5.75 Å². The van der Waals surface area contributed by atoms with Gasteiger partial charge < -0.3 is 4.74 Å². The van der Waals surface area contributed by atoms with E-state index < -0.39 is 4.92 Å². The summed E-state index contributed by atoms with van der Waals surface area (Å²) in [5.74, 6) is 0.705. The number of hydrogen-bond acceptors (Lipinski definition) is 4. The van der Waals surface area contributed by atoms with Crippen LogP contribution in [0.4, 0.5) is 5.69 Å². The van der Waals surface area contributed by atoms with E-state index in [4.69, 9.17) is 4.74 Å². The van der Waals surface area contributed by atoms with Gasteiger partial charge in [0.15, 0.2) is 0 Å². The molecule has 0 bridgehead atoms. The Balaban J connectivity index is 2.17. The lowest BCUT2D eigenvalue weighted by atomic mass is 10.1. The molecule has 0 N–H and O–H groups in total. The topological polar surface area (TPSA) is 65.3 Å². The first-order valence-corrected chi connectivity index (χ1v) is 6.90. The number of benzene rings is 2. The van der Waals surface area contributed by atoms with Crippen LogP contribution in [0.1, 0.15) is 0 Å². The van der Waals surface area contributed by atoms with Crippen LogP contribution in [0.25, 0.3) is 10.9 Å². The van der Waals surface area contributed by atoms with Crippen molar-refractivity contribution in [2.45, 2.75) is 0 Å². The van der Waals surface area contributed by atoms with Crippen LogP contribution in [0.2, 0.25) is 0 Å². The average Bonchev–Trinajstić information content (AvgIpc) is 2.49. The van der Waals surface area contributed by atoms with Crippen LogP contribution in [-0.4, -0.2) is 9.91 Å². The normalized spacial score (nSPS) is 10.5. The summed E-state index contributed by atoms with van der Waals surface area (Å²) in [7, 11) is 0. The number of fused-ring (bicyclic) bond motifs is 1. The Hall–Kier alpha value is -2.47. The molecule has 0 saturated carbocycles. The second-order valence-corrected chi connectivity index (χ2v) is 5.13. The van der Waals surface area contributed by atoms with Gasteiger partial charge in [-0.15, -0.1) is 0 Å². The molecule has 21 heavy (non-hydrogen) atoms. The lowest BCUT2D eigenvalue weighted by Gasteiger charge is -2.09. The van der Waals surface area contributed by atoms with Crippen molar-refractivity contribution in [2.75, 3.05) is 0 Å². The number of aromatic nitrogens is 1. The van der Waals surface area contributed by atoms with Gasteiger partial charge >= 0.3 is 5.69 Å². The third-order valence-electron chi connectivity index (χ3n) is 2.96. The van der Waals surface area contributed by atoms with Crippen molar-refractivity contribution in [1.29, 1.82) is 0 Å². The number of para-hydroxylation sites is 1. The van der Waals surface area contributed by atoms with E-state index in [1.54, 1.807) is 42.6 Å². The maximum atomic E-state index is 11.4. The summed E-state index contributed by atoms with van der Waals surface area (Å²) < 4.78 is 6.42. The highest BCUT2D eigenvalue weighted by atomic mass is 79.9. The predicted molar refractivity (Wildman–Crippen MR) is 82.6 cm³/mol. The van der Waals surface area contributed by atoms with Crippen LogP contribution in [-0.2, 0) is 0 Å². The zero-order valence-corrected chi connectivity index (χ0v) is 12.3. The number of hydrogen-bond donors (Lipinski definition) is 0. The summed E-state index contributed by atoms with van der Waals surface area (Å²) in [6.45, 7) is 0. The third-order valence-corrected chi connectivity index (χ3v) is 3.61.